The van der Waals surface area contributed by atoms with Crippen molar-refractivity contribution in [3.8, 4) is 11.6 Å². The number of aliphatic hydroxyl groups excluding tert-OH is 1. The molecular weight excluding hydrogens is 458 g/mol. The summed E-state index contributed by atoms with van der Waals surface area (Å²) in [7, 11) is 1.43. The number of ether oxygens (including phenoxy) is 1. The number of methoxy groups -OCH3 is 1. The van der Waals surface area contributed by atoms with Crippen molar-refractivity contribution in [3.05, 3.63) is 77.5 Å². The molecule has 36 heavy (non-hydrogen) atoms. The zero-order valence-electron chi connectivity index (χ0n) is 20.3. The number of hydrogen-bond donors (Lipinski definition) is 3. The molecule has 0 amide bonds. The van der Waals surface area contributed by atoms with E-state index < -0.39 is 6.10 Å². The van der Waals surface area contributed by atoms with Crippen LogP contribution in [-0.2, 0) is 4.74 Å². The first-order valence-electron chi connectivity index (χ1n) is 11.3. The number of imidazole rings is 1. The summed E-state index contributed by atoms with van der Waals surface area (Å²) in [4.78, 5) is 9.39. The summed E-state index contributed by atoms with van der Waals surface area (Å²) < 4.78 is 8.50. The maximum absolute atomic E-state index is 10.4. The Morgan fingerprint density at radius 2 is 1.92 bits per heavy atom. The van der Waals surface area contributed by atoms with Crippen LogP contribution in [0.25, 0.3) is 22.7 Å². The Bertz CT molecular complexity index is 1570. The Labute approximate surface area is 206 Å². The Morgan fingerprint density at radius 1 is 1.08 bits per heavy atom. The van der Waals surface area contributed by atoms with Crippen LogP contribution < -0.4 is 5.32 Å². The third kappa shape index (κ3) is 4.27. The highest BCUT2D eigenvalue weighted by atomic mass is 16.5. The molecule has 0 saturated heterocycles. The lowest BCUT2D eigenvalue weighted by Gasteiger charge is -2.15. The molecule has 1 atom stereocenters. The molecule has 0 radical (unpaired) electrons. The first-order valence-corrected chi connectivity index (χ1v) is 11.3. The van der Waals surface area contributed by atoms with Crippen LogP contribution in [0.15, 0.2) is 54.9 Å². The van der Waals surface area contributed by atoms with Gasteiger partial charge in [0.25, 0.3) is 0 Å². The largest absolute Gasteiger partial charge is 0.480 e. The maximum atomic E-state index is 10.4. The second kappa shape index (κ2) is 9.19. The zero-order chi connectivity index (χ0) is 25.4. The van der Waals surface area contributed by atoms with Crippen molar-refractivity contribution in [1.82, 2.24) is 34.5 Å². The van der Waals surface area contributed by atoms with Crippen LogP contribution in [-0.4, -0.2) is 52.6 Å². The average Bonchev–Trinajstić information content (AvgIpc) is 3.47. The van der Waals surface area contributed by atoms with E-state index in [-0.39, 0.29) is 5.90 Å². The zero-order valence-corrected chi connectivity index (χ0v) is 20.3. The van der Waals surface area contributed by atoms with Gasteiger partial charge in [0.05, 0.1) is 29.9 Å². The second-order valence-electron chi connectivity index (χ2n) is 8.38. The van der Waals surface area contributed by atoms with E-state index in [4.69, 9.17) is 15.1 Å². The van der Waals surface area contributed by atoms with E-state index in [1.807, 2.05) is 60.9 Å². The van der Waals surface area contributed by atoms with Crippen LogP contribution >= 0.6 is 0 Å². The predicted molar refractivity (Wildman–Crippen MR) is 135 cm³/mol. The first-order chi connectivity index (χ1) is 17.3. The molecule has 4 aromatic heterocycles. The molecule has 11 nitrogen and oxygen atoms in total. The highest BCUT2D eigenvalue weighted by Crippen LogP contribution is 2.26. The minimum atomic E-state index is -0.770. The van der Waals surface area contributed by atoms with Gasteiger partial charge >= 0.3 is 0 Å². The molecule has 1 aromatic carbocycles. The summed E-state index contributed by atoms with van der Waals surface area (Å²) in [6, 6.07) is 15.0. The molecule has 4 heterocycles. The Morgan fingerprint density at radius 3 is 2.64 bits per heavy atom. The van der Waals surface area contributed by atoms with Crippen molar-refractivity contribution in [2.24, 2.45) is 0 Å². The number of nitrogens with one attached hydrogen (secondary N) is 2. The molecule has 11 heteroatoms. The highest BCUT2D eigenvalue weighted by Gasteiger charge is 2.19. The highest BCUT2D eigenvalue weighted by molar-refractivity contribution is 5.89. The molecule has 5 rings (SSSR count). The summed E-state index contributed by atoms with van der Waals surface area (Å²) in [6.45, 7) is 5.43. The van der Waals surface area contributed by atoms with Crippen LogP contribution in [0, 0.1) is 19.3 Å². The van der Waals surface area contributed by atoms with Gasteiger partial charge < -0.3 is 15.2 Å². The van der Waals surface area contributed by atoms with E-state index in [2.05, 4.69) is 25.6 Å². The summed E-state index contributed by atoms with van der Waals surface area (Å²) in [5, 5.41) is 34.3. The summed E-state index contributed by atoms with van der Waals surface area (Å²) in [5.74, 6) is 1.68. The molecule has 0 aliphatic carbocycles. The summed E-state index contributed by atoms with van der Waals surface area (Å²) in [5.41, 5.74) is 5.06. The Hall–Kier alpha value is -4.64. The fraction of sp³-hybridized carbons (Fsp3) is 0.200. The van der Waals surface area contributed by atoms with Crippen LogP contribution in [0.5, 0.6) is 0 Å². The predicted octanol–water partition coefficient (Wildman–Crippen LogP) is 3.78. The number of anilines is 2. The van der Waals surface area contributed by atoms with Gasteiger partial charge in [-0.25, -0.2) is 14.6 Å². The van der Waals surface area contributed by atoms with Crippen LogP contribution in [0.3, 0.4) is 0 Å². The number of rotatable bonds is 6. The molecule has 3 N–H and O–H groups in total. The van der Waals surface area contributed by atoms with Gasteiger partial charge in [0.15, 0.2) is 11.6 Å². The minimum Gasteiger partial charge on any atom is -0.480 e. The van der Waals surface area contributed by atoms with E-state index in [0.29, 0.717) is 28.7 Å². The van der Waals surface area contributed by atoms with E-state index in [1.165, 1.54) is 7.11 Å². The van der Waals surface area contributed by atoms with Crippen LogP contribution in [0.4, 0.5) is 11.5 Å². The molecule has 0 bridgehead atoms. The third-order valence-electron chi connectivity index (χ3n) is 5.73. The molecule has 1 unspecified atom stereocenters. The monoisotopic (exact) mass is 483 g/mol. The fourth-order valence-corrected chi connectivity index (χ4v) is 3.87. The molecule has 0 aliphatic heterocycles. The number of aromatic nitrogens is 7. The van der Waals surface area contributed by atoms with Gasteiger partial charge in [-0.15, -0.1) is 5.10 Å². The smallest absolute Gasteiger partial charge is 0.234 e. The van der Waals surface area contributed by atoms with E-state index >= 15 is 0 Å². The molecule has 0 fully saturated rings. The van der Waals surface area contributed by atoms with Gasteiger partial charge in [0, 0.05) is 16.9 Å². The van der Waals surface area contributed by atoms with Gasteiger partial charge in [-0.1, -0.05) is 0 Å². The van der Waals surface area contributed by atoms with E-state index in [0.717, 1.165) is 28.1 Å². The number of benzene rings is 1. The SMILES string of the molecule is COC(=N)c1cc(C)n(-c2nc(-n3cnc4cc(Nc5ccc(C)nn5)ccc43)ccc2C(C)O)n1. The van der Waals surface area contributed by atoms with Crippen molar-refractivity contribution >= 4 is 28.4 Å². The quantitative estimate of drug-likeness (QED) is 0.245. The lowest BCUT2D eigenvalue weighted by Crippen LogP contribution is -2.11. The van der Waals surface area contributed by atoms with E-state index in [9.17, 15) is 5.11 Å². The van der Waals surface area contributed by atoms with Crippen molar-refractivity contribution in [2.45, 2.75) is 26.9 Å². The second-order valence-corrected chi connectivity index (χ2v) is 8.38. The maximum Gasteiger partial charge on any atom is 0.234 e. The molecule has 5 aromatic rings. The van der Waals surface area contributed by atoms with Gasteiger partial charge in [0.1, 0.15) is 17.8 Å². The standard InChI is InChI=1S/C25H25N9O2/c1-14-5-9-22(31-30-14)28-17-6-8-21-19(12-17)27-13-33(21)23-10-7-18(16(3)35)25(29-23)34-15(2)11-20(32-34)24(26)36-4/h5-13,16,26,35H,1-4H3,(H,28,31). The van der Waals surface area contributed by atoms with Crippen molar-refractivity contribution < 1.29 is 9.84 Å². The number of pyridine rings is 1. The number of aliphatic hydroxyl groups is 1. The van der Waals surface area contributed by atoms with E-state index in [1.54, 1.807) is 24.0 Å². The van der Waals surface area contributed by atoms with Crippen molar-refractivity contribution in [1.29, 1.82) is 5.41 Å². The lowest BCUT2D eigenvalue weighted by molar-refractivity contribution is 0.198. The molecule has 182 valence electrons. The van der Waals surface area contributed by atoms with Gasteiger partial charge in [-0.3, -0.25) is 9.98 Å². The first kappa shape index (κ1) is 23.1. The fourth-order valence-electron chi connectivity index (χ4n) is 3.87. The lowest BCUT2D eigenvalue weighted by atomic mass is 10.1. The summed E-state index contributed by atoms with van der Waals surface area (Å²) in [6.07, 6.45) is 0.935. The topological polar surface area (TPSA) is 140 Å². The van der Waals surface area contributed by atoms with Crippen LogP contribution in [0.2, 0.25) is 0 Å². The van der Waals surface area contributed by atoms with Crippen molar-refractivity contribution in [3.63, 3.8) is 0 Å². The normalized spacial score (nSPS) is 12.0. The molecule has 0 spiro atoms. The Kier molecular flexibility index (Phi) is 5.90. The molecular formula is C25H25N9O2. The van der Waals surface area contributed by atoms with Gasteiger partial charge in [-0.2, -0.15) is 10.2 Å². The summed E-state index contributed by atoms with van der Waals surface area (Å²) >= 11 is 0. The average molecular weight is 484 g/mol. The number of nitrogens with zero attached hydrogens (tertiary/aromatic N) is 7. The van der Waals surface area contributed by atoms with Crippen LogP contribution in [0.1, 0.15) is 35.7 Å². The van der Waals surface area contributed by atoms with Gasteiger partial charge in [-0.05, 0) is 69.3 Å². The minimum absolute atomic E-state index is 0.0479. The number of fused-ring (bicyclic) bond motifs is 1. The van der Waals surface area contributed by atoms with Gasteiger partial charge in [0.2, 0.25) is 5.90 Å². The number of aryl methyl sites for hydroxylation is 2. The third-order valence-corrected chi connectivity index (χ3v) is 5.73. The molecule has 0 saturated carbocycles. The Balaban J connectivity index is 1.54. The number of hydrogen-bond acceptors (Lipinski definition) is 9. The molecule has 0 aliphatic rings. The van der Waals surface area contributed by atoms with Crippen molar-refractivity contribution in [2.75, 3.05) is 12.4 Å².